The van der Waals surface area contributed by atoms with Crippen molar-refractivity contribution in [2.75, 3.05) is 5.32 Å². The average Bonchev–Trinajstić information content (AvgIpc) is 2.99. The number of carbonyl (C=O) groups is 1. The summed E-state index contributed by atoms with van der Waals surface area (Å²) in [5.74, 6) is 1.19. The van der Waals surface area contributed by atoms with Crippen molar-refractivity contribution in [3.63, 3.8) is 0 Å². The summed E-state index contributed by atoms with van der Waals surface area (Å²) in [5.41, 5.74) is 4.62. The highest BCUT2D eigenvalue weighted by molar-refractivity contribution is 6.06. The second-order valence-corrected chi connectivity index (χ2v) is 5.86. The summed E-state index contributed by atoms with van der Waals surface area (Å²) < 4.78 is 5.79. The Morgan fingerprint density at radius 2 is 1.79 bits per heavy atom. The molecule has 1 amide bonds. The lowest BCUT2D eigenvalue weighted by Crippen LogP contribution is -2.14. The lowest BCUT2D eigenvalue weighted by atomic mass is 10.1. The van der Waals surface area contributed by atoms with Crippen molar-refractivity contribution >= 4 is 11.6 Å². The predicted molar refractivity (Wildman–Crippen MR) is 97.4 cm³/mol. The van der Waals surface area contributed by atoms with Crippen molar-refractivity contribution in [1.82, 2.24) is 0 Å². The molecule has 0 spiro atoms. The van der Waals surface area contributed by atoms with E-state index in [2.05, 4.69) is 12.2 Å². The van der Waals surface area contributed by atoms with Crippen LogP contribution >= 0.6 is 0 Å². The van der Waals surface area contributed by atoms with Crippen LogP contribution in [-0.4, -0.2) is 5.91 Å². The molecule has 2 aromatic carbocycles. The minimum absolute atomic E-state index is 0.137. The number of hydrogen-bond acceptors (Lipinski definition) is 2. The summed E-state index contributed by atoms with van der Waals surface area (Å²) in [5, 5.41) is 3.05. The molecule has 3 heteroatoms. The summed E-state index contributed by atoms with van der Waals surface area (Å²) in [6.07, 6.45) is 0.872. The van der Waals surface area contributed by atoms with Gasteiger partial charge in [-0.2, -0.15) is 0 Å². The van der Waals surface area contributed by atoms with Gasteiger partial charge in [0.2, 0.25) is 0 Å². The highest BCUT2D eigenvalue weighted by atomic mass is 16.3. The van der Waals surface area contributed by atoms with Gasteiger partial charge in [0.15, 0.2) is 0 Å². The van der Waals surface area contributed by atoms with E-state index in [1.807, 2.05) is 68.4 Å². The fourth-order valence-corrected chi connectivity index (χ4v) is 2.84. The Bertz CT molecular complexity index is 863. The van der Waals surface area contributed by atoms with Gasteiger partial charge < -0.3 is 9.73 Å². The lowest BCUT2D eigenvalue weighted by molar-refractivity contribution is 0.102. The third-order valence-electron chi connectivity index (χ3n) is 4.20. The van der Waals surface area contributed by atoms with Crippen molar-refractivity contribution < 1.29 is 9.21 Å². The first-order chi connectivity index (χ1) is 11.6. The van der Waals surface area contributed by atoms with Crippen LogP contribution in [-0.2, 0) is 6.42 Å². The van der Waals surface area contributed by atoms with Crippen LogP contribution in [0.15, 0.2) is 59.0 Å². The smallest absolute Gasteiger partial charge is 0.259 e. The third kappa shape index (κ3) is 3.11. The van der Waals surface area contributed by atoms with Gasteiger partial charge in [-0.1, -0.05) is 55.5 Å². The minimum Gasteiger partial charge on any atom is -0.461 e. The minimum atomic E-state index is -0.137. The maximum Gasteiger partial charge on any atom is 0.259 e. The van der Waals surface area contributed by atoms with E-state index in [1.54, 1.807) is 0 Å². The zero-order valence-electron chi connectivity index (χ0n) is 14.2. The highest BCUT2D eigenvalue weighted by Gasteiger charge is 2.17. The molecule has 0 unspecified atom stereocenters. The Kier molecular flexibility index (Phi) is 4.52. The van der Waals surface area contributed by atoms with Crippen molar-refractivity contribution in [2.24, 2.45) is 0 Å². The van der Waals surface area contributed by atoms with Gasteiger partial charge in [0.1, 0.15) is 11.5 Å². The molecule has 3 nitrogen and oxygen atoms in total. The van der Waals surface area contributed by atoms with Crippen LogP contribution in [0.5, 0.6) is 0 Å². The Morgan fingerprint density at radius 1 is 1.04 bits per heavy atom. The second kappa shape index (κ2) is 6.75. The monoisotopic (exact) mass is 319 g/mol. The number of benzene rings is 2. The number of furan rings is 1. The molecule has 0 saturated heterocycles. The van der Waals surface area contributed by atoms with Crippen molar-refractivity contribution in [1.29, 1.82) is 0 Å². The van der Waals surface area contributed by atoms with Crippen LogP contribution in [0.1, 0.15) is 34.2 Å². The largest absolute Gasteiger partial charge is 0.461 e. The van der Waals surface area contributed by atoms with Crippen LogP contribution in [0.25, 0.3) is 11.3 Å². The molecular formula is C21H21NO2. The summed E-state index contributed by atoms with van der Waals surface area (Å²) in [6, 6.07) is 17.7. The summed E-state index contributed by atoms with van der Waals surface area (Å²) in [4.78, 5) is 12.7. The van der Waals surface area contributed by atoms with E-state index in [-0.39, 0.29) is 5.91 Å². The quantitative estimate of drug-likeness (QED) is 0.701. The maximum absolute atomic E-state index is 12.7. The molecule has 1 N–H and O–H groups in total. The number of aryl methyl sites for hydroxylation is 3. The van der Waals surface area contributed by atoms with Crippen LogP contribution in [0.2, 0.25) is 0 Å². The van der Waals surface area contributed by atoms with Gasteiger partial charge in [0.05, 0.1) is 5.56 Å². The average molecular weight is 319 g/mol. The van der Waals surface area contributed by atoms with E-state index in [1.165, 1.54) is 0 Å². The SMILES string of the molecule is CCc1cccc(C)c1NC(=O)c1cc(-c2ccccc2)oc1C. The number of carbonyl (C=O) groups excluding carboxylic acids is 1. The highest BCUT2D eigenvalue weighted by Crippen LogP contribution is 2.27. The fourth-order valence-electron chi connectivity index (χ4n) is 2.84. The van der Waals surface area contributed by atoms with Gasteiger partial charge >= 0.3 is 0 Å². The molecule has 3 rings (SSSR count). The molecule has 24 heavy (non-hydrogen) atoms. The zero-order chi connectivity index (χ0) is 17.1. The van der Waals surface area contributed by atoms with Crippen LogP contribution in [0.4, 0.5) is 5.69 Å². The number of amides is 1. The predicted octanol–water partition coefficient (Wildman–Crippen LogP) is 5.38. The van der Waals surface area contributed by atoms with Gasteiger partial charge in [-0.3, -0.25) is 4.79 Å². The zero-order valence-corrected chi connectivity index (χ0v) is 14.2. The number of nitrogens with one attached hydrogen (secondary N) is 1. The number of anilines is 1. The standard InChI is InChI=1S/C21H21NO2/c1-4-16-12-8-9-14(2)20(16)22-21(23)18-13-19(24-15(18)3)17-10-6-5-7-11-17/h5-13H,4H2,1-3H3,(H,22,23). The lowest BCUT2D eigenvalue weighted by Gasteiger charge is -2.12. The van der Waals surface area contributed by atoms with Crippen molar-refractivity contribution in [3.8, 4) is 11.3 Å². The number of para-hydroxylation sites is 1. The summed E-state index contributed by atoms with van der Waals surface area (Å²) in [6.45, 7) is 5.91. The molecular weight excluding hydrogens is 298 g/mol. The van der Waals surface area contributed by atoms with Crippen LogP contribution in [0.3, 0.4) is 0 Å². The van der Waals surface area contributed by atoms with Gasteiger partial charge in [0.25, 0.3) is 5.91 Å². The van der Waals surface area contributed by atoms with Gasteiger partial charge in [-0.05, 0) is 37.5 Å². The normalized spacial score (nSPS) is 10.6. The Morgan fingerprint density at radius 3 is 2.50 bits per heavy atom. The Labute approximate surface area is 142 Å². The maximum atomic E-state index is 12.7. The molecule has 0 aliphatic rings. The van der Waals surface area contributed by atoms with E-state index in [0.29, 0.717) is 17.1 Å². The molecule has 3 aromatic rings. The Hall–Kier alpha value is -2.81. The molecule has 0 atom stereocenters. The Balaban J connectivity index is 1.91. The molecule has 0 radical (unpaired) electrons. The molecule has 1 heterocycles. The molecule has 0 aliphatic carbocycles. The third-order valence-corrected chi connectivity index (χ3v) is 4.20. The topological polar surface area (TPSA) is 42.2 Å². The second-order valence-electron chi connectivity index (χ2n) is 5.86. The van der Waals surface area contributed by atoms with Crippen molar-refractivity contribution in [3.05, 3.63) is 77.0 Å². The van der Waals surface area contributed by atoms with E-state index in [0.717, 1.165) is 28.8 Å². The van der Waals surface area contributed by atoms with Crippen LogP contribution in [0, 0.1) is 13.8 Å². The van der Waals surface area contributed by atoms with E-state index < -0.39 is 0 Å². The molecule has 0 bridgehead atoms. The first-order valence-electron chi connectivity index (χ1n) is 8.16. The molecule has 0 fully saturated rings. The molecule has 1 aromatic heterocycles. The first kappa shape index (κ1) is 16.1. The molecule has 122 valence electrons. The van der Waals surface area contributed by atoms with E-state index >= 15 is 0 Å². The van der Waals surface area contributed by atoms with Gasteiger partial charge in [-0.25, -0.2) is 0 Å². The van der Waals surface area contributed by atoms with Crippen LogP contribution < -0.4 is 5.32 Å². The van der Waals surface area contributed by atoms with Crippen molar-refractivity contribution in [2.45, 2.75) is 27.2 Å². The number of rotatable bonds is 4. The summed E-state index contributed by atoms with van der Waals surface area (Å²) >= 11 is 0. The van der Waals surface area contributed by atoms with Gasteiger partial charge in [-0.15, -0.1) is 0 Å². The van der Waals surface area contributed by atoms with E-state index in [4.69, 9.17) is 4.42 Å². The van der Waals surface area contributed by atoms with Gasteiger partial charge in [0, 0.05) is 11.3 Å². The number of hydrogen-bond donors (Lipinski definition) is 1. The molecule has 0 aliphatic heterocycles. The summed E-state index contributed by atoms with van der Waals surface area (Å²) in [7, 11) is 0. The fraction of sp³-hybridized carbons (Fsp3) is 0.190. The molecule has 0 saturated carbocycles. The first-order valence-corrected chi connectivity index (χ1v) is 8.16. The van der Waals surface area contributed by atoms with E-state index in [9.17, 15) is 4.79 Å².